The first-order chi connectivity index (χ1) is 10.4. The summed E-state index contributed by atoms with van der Waals surface area (Å²) in [6, 6.07) is 2.59. The van der Waals surface area contributed by atoms with E-state index in [1.54, 1.807) is 0 Å². The molecule has 0 aliphatic rings. The molecule has 1 N–H and O–H groups in total. The van der Waals surface area contributed by atoms with Gasteiger partial charge in [-0.05, 0) is 18.2 Å². The predicted molar refractivity (Wildman–Crippen MR) is 69.4 cm³/mol. The van der Waals surface area contributed by atoms with Crippen molar-refractivity contribution in [2.24, 2.45) is 0 Å². The van der Waals surface area contributed by atoms with Gasteiger partial charge in [0.15, 0.2) is 6.39 Å². The lowest BCUT2D eigenvalue weighted by atomic mass is 10.1. The van der Waals surface area contributed by atoms with Gasteiger partial charge in [-0.3, -0.25) is 14.3 Å². The second kappa shape index (κ2) is 4.86. The van der Waals surface area contributed by atoms with Gasteiger partial charge in [0.25, 0.3) is 5.56 Å². The summed E-state index contributed by atoms with van der Waals surface area (Å²) in [6.07, 6.45) is -2.11. The number of rotatable bonds is 2. The third-order valence-electron chi connectivity index (χ3n) is 3.12. The average Bonchev–Trinajstić information content (AvgIpc) is 2.95. The van der Waals surface area contributed by atoms with Crippen molar-refractivity contribution in [3.05, 3.63) is 63.0 Å². The van der Waals surface area contributed by atoms with Crippen molar-refractivity contribution < 1.29 is 17.6 Å². The van der Waals surface area contributed by atoms with Crippen LogP contribution in [0.4, 0.5) is 13.2 Å². The van der Waals surface area contributed by atoms with E-state index in [0.717, 1.165) is 29.2 Å². The Morgan fingerprint density at radius 1 is 1.27 bits per heavy atom. The van der Waals surface area contributed by atoms with Gasteiger partial charge in [0.05, 0.1) is 29.2 Å². The third kappa shape index (κ3) is 2.41. The smallest absolute Gasteiger partial charge is 0.416 e. The summed E-state index contributed by atoms with van der Waals surface area (Å²) in [5.74, 6) is 0.271. The number of aromatic nitrogens is 3. The third-order valence-corrected chi connectivity index (χ3v) is 3.12. The number of oxazole rings is 1. The van der Waals surface area contributed by atoms with Crippen molar-refractivity contribution >= 4 is 10.9 Å². The first kappa shape index (κ1) is 14.1. The molecule has 22 heavy (non-hydrogen) atoms. The van der Waals surface area contributed by atoms with Crippen LogP contribution in [0.1, 0.15) is 11.3 Å². The second-order valence-corrected chi connectivity index (χ2v) is 4.54. The Balaban J connectivity index is 2.29. The van der Waals surface area contributed by atoms with E-state index >= 15 is 0 Å². The van der Waals surface area contributed by atoms with Crippen LogP contribution < -0.4 is 11.2 Å². The van der Waals surface area contributed by atoms with E-state index in [0.29, 0.717) is 0 Å². The minimum atomic E-state index is -4.58. The number of hydrogen-bond donors (Lipinski definition) is 1. The fourth-order valence-electron chi connectivity index (χ4n) is 2.10. The molecule has 2 heterocycles. The largest absolute Gasteiger partial charge is 0.447 e. The Bertz CT molecular complexity index is 939. The molecule has 0 saturated heterocycles. The molecule has 0 aliphatic carbocycles. The fraction of sp³-hybridized carbons (Fsp3) is 0.154. The molecule has 9 heteroatoms. The van der Waals surface area contributed by atoms with Gasteiger partial charge < -0.3 is 4.42 Å². The highest BCUT2D eigenvalue weighted by Crippen LogP contribution is 2.30. The predicted octanol–water partition coefficient (Wildman–Crippen LogP) is 1.74. The number of nitrogens with one attached hydrogen (secondary N) is 1. The topological polar surface area (TPSA) is 80.9 Å². The van der Waals surface area contributed by atoms with Crippen LogP contribution in [-0.4, -0.2) is 14.5 Å². The van der Waals surface area contributed by atoms with Gasteiger partial charge in [0, 0.05) is 0 Å². The van der Waals surface area contributed by atoms with Crippen LogP contribution in [0.15, 0.2) is 44.8 Å². The second-order valence-electron chi connectivity index (χ2n) is 4.54. The molecular formula is C13H8F3N3O3. The average molecular weight is 311 g/mol. The number of benzene rings is 1. The van der Waals surface area contributed by atoms with Crippen molar-refractivity contribution in [1.29, 1.82) is 0 Å². The molecule has 6 nitrogen and oxygen atoms in total. The zero-order chi connectivity index (χ0) is 15.9. The molecule has 0 unspecified atom stereocenters. The zero-order valence-electron chi connectivity index (χ0n) is 10.8. The van der Waals surface area contributed by atoms with Crippen LogP contribution in [0, 0.1) is 0 Å². The summed E-state index contributed by atoms with van der Waals surface area (Å²) in [7, 11) is 0. The summed E-state index contributed by atoms with van der Waals surface area (Å²) in [5.41, 5.74) is -2.65. The van der Waals surface area contributed by atoms with E-state index in [4.69, 9.17) is 4.42 Å². The number of aromatic amines is 1. The van der Waals surface area contributed by atoms with Crippen molar-refractivity contribution in [3.63, 3.8) is 0 Å². The van der Waals surface area contributed by atoms with Crippen LogP contribution in [0.5, 0.6) is 0 Å². The van der Waals surface area contributed by atoms with E-state index in [-0.39, 0.29) is 23.2 Å². The molecule has 0 bridgehead atoms. The van der Waals surface area contributed by atoms with Crippen LogP contribution >= 0.6 is 0 Å². The number of halogens is 3. The highest BCUT2D eigenvalue weighted by molar-refractivity contribution is 5.78. The first-order valence-electron chi connectivity index (χ1n) is 6.08. The van der Waals surface area contributed by atoms with Gasteiger partial charge in [0.2, 0.25) is 0 Å². The number of H-pyrrole nitrogens is 1. The maximum atomic E-state index is 12.8. The van der Waals surface area contributed by atoms with Gasteiger partial charge in [-0.1, -0.05) is 0 Å². The molecule has 3 aromatic rings. The number of alkyl halides is 3. The molecule has 0 saturated carbocycles. The van der Waals surface area contributed by atoms with Gasteiger partial charge in [-0.15, -0.1) is 0 Å². The summed E-state index contributed by atoms with van der Waals surface area (Å²) in [5, 5.41) is -0.0212. The molecule has 0 fully saturated rings. The van der Waals surface area contributed by atoms with E-state index in [2.05, 4.69) is 9.97 Å². The van der Waals surface area contributed by atoms with E-state index in [9.17, 15) is 22.8 Å². The van der Waals surface area contributed by atoms with Crippen molar-refractivity contribution in [1.82, 2.24) is 14.5 Å². The zero-order valence-corrected chi connectivity index (χ0v) is 10.8. The van der Waals surface area contributed by atoms with Gasteiger partial charge in [-0.25, -0.2) is 9.78 Å². The monoisotopic (exact) mass is 311 g/mol. The lowest BCUT2D eigenvalue weighted by Gasteiger charge is -2.11. The lowest BCUT2D eigenvalue weighted by molar-refractivity contribution is -0.137. The normalized spacial score (nSPS) is 12.0. The van der Waals surface area contributed by atoms with E-state index in [1.807, 2.05) is 0 Å². The Hall–Kier alpha value is -2.84. The molecule has 0 radical (unpaired) electrons. The first-order valence-corrected chi connectivity index (χ1v) is 6.08. The van der Waals surface area contributed by atoms with Crippen LogP contribution in [-0.2, 0) is 12.7 Å². The molecule has 3 rings (SSSR count). The minimum Gasteiger partial charge on any atom is -0.447 e. The molecular weight excluding hydrogens is 303 g/mol. The van der Waals surface area contributed by atoms with Crippen LogP contribution in [0.25, 0.3) is 10.9 Å². The molecule has 114 valence electrons. The molecule has 2 aromatic heterocycles. The Morgan fingerprint density at radius 2 is 2.05 bits per heavy atom. The molecule has 0 spiro atoms. The summed E-state index contributed by atoms with van der Waals surface area (Å²) in [6.45, 7) is -0.145. The standard InChI is InChI=1S/C13H8F3N3O3/c14-13(15,16)7-1-2-9-10(3-7)19(12(21)18-11(9)20)5-8-4-17-6-22-8/h1-4,6H,5H2,(H,18,20,21). The van der Waals surface area contributed by atoms with Gasteiger partial charge >= 0.3 is 11.9 Å². The van der Waals surface area contributed by atoms with E-state index < -0.39 is 23.0 Å². The molecule has 1 aromatic carbocycles. The Kier molecular flexibility index (Phi) is 3.12. The van der Waals surface area contributed by atoms with Crippen LogP contribution in [0.2, 0.25) is 0 Å². The van der Waals surface area contributed by atoms with Crippen molar-refractivity contribution in [3.8, 4) is 0 Å². The maximum absolute atomic E-state index is 12.8. The highest BCUT2D eigenvalue weighted by atomic mass is 19.4. The lowest BCUT2D eigenvalue weighted by Crippen LogP contribution is -2.30. The quantitative estimate of drug-likeness (QED) is 0.782. The number of nitrogens with zero attached hydrogens (tertiary/aromatic N) is 2. The Morgan fingerprint density at radius 3 is 2.68 bits per heavy atom. The van der Waals surface area contributed by atoms with Crippen molar-refractivity contribution in [2.45, 2.75) is 12.7 Å². The summed E-state index contributed by atoms with van der Waals surface area (Å²) < 4.78 is 44.4. The van der Waals surface area contributed by atoms with Crippen LogP contribution in [0.3, 0.4) is 0 Å². The number of hydrogen-bond acceptors (Lipinski definition) is 4. The fourth-order valence-corrected chi connectivity index (χ4v) is 2.10. The molecule has 0 aliphatic heterocycles. The van der Waals surface area contributed by atoms with Crippen molar-refractivity contribution in [2.75, 3.05) is 0 Å². The molecule has 0 atom stereocenters. The van der Waals surface area contributed by atoms with Gasteiger partial charge in [0.1, 0.15) is 5.76 Å². The summed E-state index contributed by atoms with van der Waals surface area (Å²) >= 11 is 0. The summed E-state index contributed by atoms with van der Waals surface area (Å²) in [4.78, 5) is 29.4. The minimum absolute atomic E-state index is 0.0212. The molecule has 0 amide bonds. The van der Waals surface area contributed by atoms with Gasteiger partial charge in [-0.2, -0.15) is 13.2 Å². The van der Waals surface area contributed by atoms with E-state index in [1.165, 1.54) is 6.20 Å². The maximum Gasteiger partial charge on any atom is 0.416 e. The highest BCUT2D eigenvalue weighted by Gasteiger charge is 2.31. The Labute approximate surface area is 119 Å². The number of fused-ring (bicyclic) bond motifs is 1. The SMILES string of the molecule is O=c1[nH]c(=O)n(Cc2cnco2)c2cc(C(F)(F)F)ccc12.